The van der Waals surface area contributed by atoms with Gasteiger partial charge in [0.05, 0.1) is 0 Å². The first-order valence-corrected chi connectivity index (χ1v) is 9.00. The van der Waals surface area contributed by atoms with Gasteiger partial charge in [0.2, 0.25) is 0 Å². The summed E-state index contributed by atoms with van der Waals surface area (Å²) >= 11 is 0. The first-order valence-electron chi connectivity index (χ1n) is 7.66. The van der Waals surface area contributed by atoms with Gasteiger partial charge >= 0.3 is 5.97 Å². The fraction of sp³-hybridized carbons (Fsp3) is 0.0500. The Morgan fingerprint density at radius 1 is 0.792 bits per heavy atom. The summed E-state index contributed by atoms with van der Waals surface area (Å²) in [4.78, 5) is 11.4. The molecule has 0 radical (unpaired) electrons. The molecule has 0 bridgehead atoms. The van der Waals surface area contributed by atoms with E-state index in [9.17, 15) is 9.90 Å². The molecule has 120 valence electrons. The van der Waals surface area contributed by atoms with Crippen molar-refractivity contribution >= 4 is 29.8 Å². The van der Waals surface area contributed by atoms with Crippen molar-refractivity contribution in [2.24, 2.45) is 5.73 Å². The first-order chi connectivity index (χ1) is 11.7. The number of aliphatic carboxylic acids is 1. The Morgan fingerprint density at radius 3 is 1.75 bits per heavy atom. The maximum absolute atomic E-state index is 11.4. The second-order valence-electron chi connectivity index (χ2n) is 5.38. The highest BCUT2D eigenvalue weighted by molar-refractivity contribution is 7.79. The van der Waals surface area contributed by atoms with Crippen LogP contribution in [0.2, 0.25) is 0 Å². The molecule has 0 heterocycles. The number of carboxylic acid groups (broad SMARTS) is 1. The van der Waals surface area contributed by atoms with Gasteiger partial charge in [-0.3, -0.25) is 4.79 Å². The Kier molecular flexibility index (Phi) is 5.05. The van der Waals surface area contributed by atoms with Crippen LogP contribution in [-0.4, -0.2) is 11.1 Å². The van der Waals surface area contributed by atoms with Gasteiger partial charge in [-0.25, -0.2) is 0 Å². The summed E-state index contributed by atoms with van der Waals surface area (Å²) in [5.41, 5.74) is 6.61. The summed E-state index contributed by atoms with van der Waals surface area (Å²) < 4.78 is 0. The predicted molar refractivity (Wildman–Crippen MR) is 99.7 cm³/mol. The molecule has 0 amide bonds. The topological polar surface area (TPSA) is 63.3 Å². The predicted octanol–water partition coefficient (Wildman–Crippen LogP) is 2.53. The number of benzene rings is 3. The van der Waals surface area contributed by atoms with E-state index in [0.29, 0.717) is 5.56 Å². The van der Waals surface area contributed by atoms with Crippen molar-refractivity contribution in [3.63, 3.8) is 0 Å². The molecule has 0 saturated heterocycles. The third kappa shape index (κ3) is 3.38. The maximum Gasteiger partial charge on any atom is 0.325 e. The second kappa shape index (κ2) is 7.39. The molecule has 0 aliphatic rings. The van der Waals surface area contributed by atoms with Gasteiger partial charge in [0.25, 0.3) is 0 Å². The molecule has 0 aliphatic carbocycles. The zero-order valence-electron chi connectivity index (χ0n) is 13.0. The Hall–Kier alpha value is -2.48. The zero-order valence-corrected chi connectivity index (χ0v) is 13.9. The molecule has 4 heteroatoms. The lowest BCUT2D eigenvalue weighted by molar-refractivity contribution is -0.138. The van der Waals surface area contributed by atoms with Crippen molar-refractivity contribution in [2.75, 3.05) is 0 Å². The molecule has 1 atom stereocenters. The molecule has 3 nitrogen and oxygen atoms in total. The third-order valence-corrected chi connectivity index (χ3v) is 6.33. The number of rotatable bonds is 5. The minimum Gasteiger partial charge on any atom is -0.480 e. The monoisotopic (exact) mass is 335 g/mol. The smallest absolute Gasteiger partial charge is 0.325 e. The van der Waals surface area contributed by atoms with Crippen LogP contribution in [0.4, 0.5) is 0 Å². The van der Waals surface area contributed by atoms with Crippen LogP contribution in [0.5, 0.6) is 0 Å². The molecule has 3 N–H and O–H groups in total. The maximum atomic E-state index is 11.4. The number of nitrogens with two attached hydrogens (primary N) is 1. The number of hydrogen-bond donors (Lipinski definition) is 2. The molecule has 0 aromatic heterocycles. The lowest BCUT2D eigenvalue weighted by Gasteiger charge is -2.23. The lowest BCUT2D eigenvalue weighted by Crippen LogP contribution is -2.30. The second-order valence-corrected chi connectivity index (χ2v) is 7.57. The molecule has 0 unspecified atom stereocenters. The lowest BCUT2D eigenvalue weighted by atomic mass is 10.1. The minimum absolute atomic E-state index is 0.670. The molecule has 0 saturated carbocycles. The highest BCUT2D eigenvalue weighted by atomic mass is 31.1. The largest absolute Gasteiger partial charge is 0.480 e. The molecule has 0 fully saturated rings. The van der Waals surface area contributed by atoms with Crippen molar-refractivity contribution in [3.05, 3.63) is 90.5 Å². The number of carboxylic acids is 1. The number of hydrogen-bond acceptors (Lipinski definition) is 2. The van der Waals surface area contributed by atoms with E-state index in [2.05, 4.69) is 24.3 Å². The van der Waals surface area contributed by atoms with Gasteiger partial charge in [-0.05, 0) is 29.4 Å². The van der Waals surface area contributed by atoms with Crippen LogP contribution in [0.25, 0.3) is 0 Å². The summed E-state index contributed by atoms with van der Waals surface area (Å²) in [6.07, 6.45) is 0. The van der Waals surface area contributed by atoms with E-state index in [4.69, 9.17) is 5.73 Å². The standard InChI is InChI=1S/C20H18NO2P/c21-19(20(22)23)17-13-7-8-14-18(17)24(15-9-3-1-4-10-15)16-11-5-2-6-12-16/h1-14,19H,21H2,(H,22,23)/t19-/m1/s1. The molecule has 24 heavy (non-hydrogen) atoms. The van der Waals surface area contributed by atoms with Gasteiger partial charge in [-0.1, -0.05) is 84.9 Å². The molecule has 3 aromatic rings. The Bertz CT molecular complexity index is 782. The van der Waals surface area contributed by atoms with Crippen LogP contribution >= 0.6 is 7.92 Å². The van der Waals surface area contributed by atoms with Crippen LogP contribution in [0.1, 0.15) is 11.6 Å². The van der Waals surface area contributed by atoms with Crippen LogP contribution in [-0.2, 0) is 4.79 Å². The summed E-state index contributed by atoms with van der Waals surface area (Å²) in [7, 11) is -0.867. The Morgan fingerprint density at radius 2 is 1.25 bits per heavy atom. The van der Waals surface area contributed by atoms with Crippen molar-refractivity contribution in [3.8, 4) is 0 Å². The SMILES string of the molecule is N[C@@H](C(=O)O)c1ccccc1P(c1ccccc1)c1ccccc1. The fourth-order valence-electron chi connectivity index (χ4n) is 2.67. The molecule has 0 aliphatic heterocycles. The van der Waals surface area contributed by atoms with Gasteiger partial charge in [-0.15, -0.1) is 0 Å². The van der Waals surface area contributed by atoms with E-state index in [-0.39, 0.29) is 0 Å². The van der Waals surface area contributed by atoms with Crippen molar-refractivity contribution in [1.29, 1.82) is 0 Å². The summed E-state index contributed by atoms with van der Waals surface area (Å²) in [5, 5.41) is 12.7. The summed E-state index contributed by atoms with van der Waals surface area (Å²) in [5.74, 6) is -1.02. The van der Waals surface area contributed by atoms with Gasteiger partial charge in [-0.2, -0.15) is 0 Å². The fourth-order valence-corrected chi connectivity index (χ4v) is 5.17. The van der Waals surface area contributed by atoms with Crippen LogP contribution in [0.15, 0.2) is 84.9 Å². The van der Waals surface area contributed by atoms with E-state index in [0.717, 1.165) is 5.30 Å². The molecular weight excluding hydrogens is 317 g/mol. The normalized spacial score (nSPS) is 12.1. The quantitative estimate of drug-likeness (QED) is 0.704. The first kappa shape index (κ1) is 16.4. The molecule has 3 rings (SSSR count). The van der Waals surface area contributed by atoms with Crippen LogP contribution < -0.4 is 21.6 Å². The molecular formula is C20H18NO2P. The van der Waals surface area contributed by atoms with Gasteiger partial charge in [0, 0.05) is 0 Å². The van der Waals surface area contributed by atoms with E-state index < -0.39 is 19.9 Å². The van der Waals surface area contributed by atoms with E-state index in [1.54, 1.807) is 0 Å². The van der Waals surface area contributed by atoms with Crippen LogP contribution in [0.3, 0.4) is 0 Å². The Labute approximate surface area is 142 Å². The van der Waals surface area contributed by atoms with Gasteiger partial charge in [0.15, 0.2) is 0 Å². The summed E-state index contributed by atoms with van der Waals surface area (Å²) in [6.45, 7) is 0. The average molecular weight is 335 g/mol. The van der Waals surface area contributed by atoms with Gasteiger partial charge in [0.1, 0.15) is 6.04 Å². The van der Waals surface area contributed by atoms with E-state index in [1.807, 2.05) is 60.7 Å². The Balaban J connectivity index is 2.19. The van der Waals surface area contributed by atoms with E-state index >= 15 is 0 Å². The number of carbonyl (C=O) groups is 1. The van der Waals surface area contributed by atoms with E-state index in [1.165, 1.54) is 10.6 Å². The van der Waals surface area contributed by atoms with Crippen molar-refractivity contribution in [2.45, 2.75) is 6.04 Å². The van der Waals surface area contributed by atoms with Gasteiger partial charge < -0.3 is 10.8 Å². The van der Waals surface area contributed by atoms with Crippen molar-refractivity contribution in [1.82, 2.24) is 0 Å². The minimum atomic E-state index is -1.03. The molecule has 3 aromatic carbocycles. The van der Waals surface area contributed by atoms with Crippen molar-refractivity contribution < 1.29 is 9.90 Å². The zero-order chi connectivity index (χ0) is 16.9. The average Bonchev–Trinajstić information content (AvgIpc) is 2.63. The highest BCUT2D eigenvalue weighted by Crippen LogP contribution is 2.35. The highest BCUT2D eigenvalue weighted by Gasteiger charge is 2.24. The summed E-state index contributed by atoms with van der Waals surface area (Å²) in [6, 6.07) is 26.9. The van der Waals surface area contributed by atoms with Crippen LogP contribution in [0, 0.1) is 0 Å². The molecule has 0 spiro atoms. The third-order valence-electron chi connectivity index (χ3n) is 3.81.